The summed E-state index contributed by atoms with van der Waals surface area (Å²) in [7, 11) is 1.84. The van der Waals surface area contributed by atoms with E-state index in [0.717, 1.165) is 0 Å². The number of aryl methyl sites for hydroxylation is 1. The summed E-state index contributed by atoms with van der Waals surface area (Å²) in [6, 6.07) is 3.26. The number of nitro groups is 1. The minimum absolute atomic E-state index is 0.480. The van der Waals surface area contributed by atoms with Crippen molar-refractivity contribution in [1.82, 2.24) is 0 Å². The zero-order valence-electron chi connectivity index (χ0n) is 7.69. The van der Waals surface area contributed by atoms with Crippen molar-refractivity contribution in [1.29, 1.82) is 0 Å². The maximum atomic E-state index is 9.94. The molecule has 1 N–H and O–H groups in total. The van der Waals surface area contributed by atoms with Crippen LogP contribution in [-0.2, 0) is 7.05 Å². The number of hydrazine groups is 1. The number of hydrogen-bond acceptors (Lipinski definition) is 5. The molecule has 0 amide bonds. The summed E-state index contributed by atoms with van der Waals surface area (Å²) in [6.45, 7) is 0. The molecule has 0 aliphatic rings. The second kappa shape index (κ2) is 6.07. The largest absolute Gasteiger partial charge is 0.356 e. The highest BCUT2D eigenvalue weighted by molar-refractivity contribution is 5.36. The monoisotopic (exact) mass is 216 g/mol. The molecule has 82 valence electrons. The smallest absolute Gasteiger partial charge is 0.170 e. The van der Waals surface area contributed by atoms with E-state index in [-0.39, 0.29) is 0 Å². The average Bonchev–Trinajstić information content (AvgIpc) is 2.07. The second-order valence-corrected chi connectivity index (χ2v) is 2.34. The Hall–Kier alpha value is -2.45. The number of nitrogens with one attached hydrogen (secondary N) is 1. The highest BCUT2D eigenvalue weighted by atomic mass is 16.9. The van der Waals surface area contributed by atoms with Gasteiger partial charge in [0.25, 0.3) is 0 Å². The van der Waals surface area contributed by atoms with Crippen molar-refractivity contribution in [2.45, 2.75) is 0 Å². The van der Waals surface area contributed by atoms with Gasteiger partial charge in [0.1, 0.15) is 12.7 Å². The van der Waals surface area contributed by atoms with Gasteiger partial charge < -0.3 is 15.3 Å². The van der Waals surface area contributed by atoms with Crippen LogP contribution in [-0.4, -0.2) is 10.1 Å². The first-order valence-electron chi connectivity index (χ1n) is 3.59. The topological polar surface area (TPSA) is 125 Å². The Labute approximate surface area is 83.8 Å². The average molecular weight is 216 g/mol. The molecule has 0 radical (unpaired) electrons. The van der Waals surface area contributed by atoms with Gasteiger partial charge in [0.2, 0.25) is 0 Å². The summed E-state index contributed by atoms with van der Waals surface area (Å²) >= 11 is 0. The number of nitrogens with zero attached hydrogens (tertiary/aromatic N) is 3. The molecule has 1 aromatic rings. The molecule has 9 heteroatoms. The fourth-order valence-electron chi connectivity index (χ4n) is 0.681. The van der Waals surface area contributed by atoms with Crippen molar-refractivity contribution >= 4 is 5.69 Å². The highest BCUT2D eigenvalue weighted by Gasteiger charge is 1.99. The molecule has 0 fully saturated rings. The van der Waals surface area contributed by atoms with Crippen LogP contribution in [0, 0.1) is 25.4 Å². The van der Waals surface area contributed by atoms with Crippen LogP contribution >= 0.6 is 0 Å². The lowest BCUT2D eigenvalue weighted by Gasteiger charge is -1.92. The maximum Gasteiger partial charge on any atom is 0.170 e. The Morgan fingerprint density at radius 1 is 1.20 bits per heavy atom. The minimum Gasteiger partial charge on any atom is -0.356 e. The third-order valence-electron chi connectivity index (χ3n) is 1.20. The molecule has 15 heavy (non-hydrogen) atoms. The Morgan fingerprint density at radius 3 is 1.93 bits per heavy atom. The standard InChI is InChI=1S/C6H7N3O2.NO3/c1-8-4-2-6(3-5-8)7-9(10)11;2-1(3)4/h2-5H,1H3;/q;-1/p+1. The lowest BCUT2D eigenvalue weighted by atomic mass is 10.4. The van der Waals surface area contributed by atoms with Crippen LogP contribution in [0.5, 0.6) is 0 Å². The van der Waals surface area contributed by atoms with Crippen LogP contribution in [0.15, 0.2) is 24.5 Å². The number of pyridine rings is 1. The van der Waals surface area contributed by atoms with Gasteiger partial charge in [-0.2, -0.15) is 0 Å². The third kappa shape index (κ3) is 7.90. The van der Waals surface area contributed by atoms with E-state index >= 15 is 0 Å². The van der Waals surface area contributed by atoms with Gasteiger partial charge in [-0.15, -0.1) is 5.43 Å². The molecule has 1 aromatic heterocycles. The van der Waals surface area contributed by atoms with Gasteiger partial charge in [0, 0.05) is 12.1 Å². The van der Waals surface area contributed by atoms with Gasteiger partial charge in [-0.25, -0.2) is 14.7 Å². The molecule has 1 heterocycles. The molecular formula is C6H8N4O5. The molecule has 0 aliphatic carbocycles. The molecule has 9 nitrogen and oxygen atoms in total. The van der Waals surface area contributed by atoms with Gasteiger partial charge in [-0.3, -0.25) is 0 Å². The molecular weight excluding hydrogens is 208 g/mol. The molecule has 0 aromatic carbocycles. The van der Waals surface area contributed by atoms with Crippen molar-refractivity contribution in [3.8, 4) is 0 Å². The van der Waals surface area contributed by atoms with E-state index < -0.39 is 10.1 Å². The Balaban J connectivity index is 0.000000423. The molecule has 0 saturated carbocycles. The zero-order valence-corrected chi connectivity index (χ0v) is 7.69. The van der Waals surface area contributed by atoms with Crippen molar-refractivity contribution < 1.29 is 14.7 Å². The van der Waals surface area contributed by atoms with E-state index in [4.69, 9.17) is 15.3 Å². The van der Waals surface area contributed by atoms with Crippen LogP contribution in [0.1, 0.15) is 0 Å². The first kappa shape index (κ1) is 12.6. The van der Waals surface area contributed by atoms with Crippen molar-refractivity contribution in [2.24, 2.45) is 7.05 Å². The van der Waals surface area contributed by atoms with Crippen LogP contribution in [0.2, 0.25) is 0 Å². The lowest BCUT2D eigenvalue weighted by Crippen LogP contribution is -2.26. The highest BCUT2D eigenvalue weighted by Crippen LogP contribution is 2.00. The predicted molar refractivity (Wildman–Crippen MR) is 48.6 cm³/mol. The Morgan fingerprint density at radius 2 is 1.60 bits per heavy atom. The van der Waals surface area contributed by atoms with Crippen LogP contribution in [0.25, 0.3) is 0 Å². The molecule has 0 saturated heterocycles. The van der Waals surface area contributed by atoms with E-state index in [1.165, 1.54) is 0 Å². The van der Waals surface area contributed by atoms with Gasteiger partial charge in [0.15, 0.2) is 17.4 Å². The molecule has 0 spiro atoms. The first-order chi connectivity index (χ1) is 6.91. The van der Waals surface area contributed by atoms with E-state index in [0.29, 0.717) is 5.69 Å². The molecule has 0 bridgehead atoms. The van der Waals surface area contributed by atoms with E-state index in [1.54, 1.807) is 29.1 Å². The molecule has 0 aliphatic heterocycles. The summed E-state index contributed by atoms with van der Waals surface area (Å²) in [5.74, 6) is 0. The SMILES string of the molecule is C[n+]1ccc(N[N+](=O)[O-])cc1.O=[N+]([O-])[O-]. The van der Waals surface area contributed by atoms with Crippen molar-refractivity contribution in [3.05, 3.63) is 50.0 Å². The zero-order chi connectivity index (χ0) is 11.8. The van der Waals surface area contributed by atoms with Crippen LogP contribution in [0.3, 0.4) is 0 Å². The summed E-state index contributed by atoms with van der Waals surface area (Å²) in [6.07, 6.45) is 3.46. The number of hydrogen-bond donors (Lipinski definition) is 1. The summed E-state index contributed by atoms with van der Waals surface area (Å²) in [5, 5.41) is 24.1. The maximum absolute atomic E-state index is 9.94. The fraction of sp³-hybridized carbons (Fsp3) is 0.167. The predicted octanol–water partition coefficient (Wildman–Crippen LogP) is -0.124. The van der Waals surface area contributed by atoms with Crippen molar-refractivity contribution in [3.63, 3.8) is 0 Å². The number of aromatic nitrogens is 1. The fourth-order valence-corrected chi connectivity index (χ4v) is 0.681. The Kier molecular flexibility index (Phi) is 5.08. The second-order valence-electron chi connectivity index (χ2n) is 2.34. The quantitative estimate of drug-likeness (QED) is 0.417. The van der Waals surface area contributed by atoms with E-state index in [9.17, 15) is 10.1 Å². The van der Waals surface area contributed by atoms with Gasteiger partial charge in [0.05, 0.1) is 5.09 Å². The molecule has 0 atom stereocenters. The third-order valence-corrected chi connectivity index (χ3v) is 1.20. The normalized spacial score (nSPS) is 8.33. The Bertz CT molecular complexity index is 334. The summed E-state index contributed by atoms with van der Waals surface area (Å²) in [4.78, 5) is 18.2. The first-order valence-corrected chi connectivity index (χ1v) is 3.59. The van der Waals surface area contributed by atoms with Crippen LogP contribution in [0.4, 0.5) is 5.69 Å². The minimum atomic E-state index is -1.75. The van der Waals surface area contributed by atoms with E-state index in [2.05, 4.69) is 0 Å². The van der Waals surface area contributed by atoms with Crippen LogP contribution < -0.4 is 9.99 Å². The van der Waals surface area contributed by atoms with Gasteiger partial charge in [-0.1, -0.05) is 0 Å². The van der Waals surface area contributed by atoms with E-state index in [1.807, 2.05) is 12.5 Å². The van der Waals surface area contributed by atoms with Gasteiger partial charge >= 0.3 is 0 Å². The van der Waals surface area contributed by atoms with Crippen molar-refractivity contribution in [2.75, 3.05) is 5.43 Å². The van der Waals surface area contributed by atoms with Gasteiger partial charge in [-0.05, 0) is 0 Å². The molecule has 1 rings (SSSR count). The number of rotatable bonds is 2. The summed E-state index contributed by atoms with van der Waals surface area (Å²) < 4.78 is 1.80. The molecule has 0 unspecified atom stereocenters. The number of anilines is 1. The lowest BCUT2D eigenvalue weighted by molar-refractivity contribution is -0.671. The summed E-state index contributed by atoms with van der Waals surface area (Å²) in [5.41, 5.74) is 2.52.